The lowest BCUT2D eigenvalue weighted by Crippen LogP contribution is -2.64. The Kier molecular flexibility index (Phi) is 5.47. The van der Waals surface area contributed by atoms with Gasteiger partial charge in [0.1, 0.15) is 6.10 Å². The second-order valence-electron chi connectivity index (χ2n) is 5.28. The maximum atomic E-state index is 9.86. The molecule has 0 aromatic rings. The largest absolute Gasteiger partial charge is 0.396 e. The van der Waals surface area contributed by atoms with Crippen molar-refractivity contribution in [3.8, 4) is 0 Å². The van der Waals surface area contributed by atoms with E-state index in [0.717, 1.165) is 0 Å². The first-order valence-corrected chi connectivity index (χ1v) is 6.02. The molecule has 0 aromatic heterocycles. The number of rotatable bonds is 5. The average molecular weight is 265 g/mol. The van der Waals surface area contributed by atoms with E-state index in [1.54, 1.807) is 6.92 Å². The van der Waals surface area contributed by atoms with Crippen LogP contribution in [-0.2, 0) is 0 Å². The average Bonchev–Trinajstić information content (AvgIpc) is 2.39. The predicted octanol–water partition coefficient (Wildman–Crippen LogP) is -3.22. The summed E-state index contributed by atoms with van der Waals surface area (Å²) < 4.78 is 0. The minimum Gasteiger partial charge on any atom is -0.396 e. The smallest absolute Gasteiger partial charge is 0.108 e. The lowest BCUT2D eigenvalue weighted by atomic mass is 9.69. The van der Waals surface area contributed by atoms with Gasteiger partial charge in [-0.3, -0.25) is 0 Å². The van der Waals surface area contributed by atoms with Gasteiger partial charge in [0.15, 0.2) is 0 Å². The van der Waals surface area contributed by atoms with Crippen molar-refractivity contribution < 1.29 is 30.6 Å². The van der Waals surface area contributed by atoms with Crippen molar-refractivity contribution in [2.75, 3.05) is 19.8 Å². The van der Waals surface area contributed by atoms with E-state index in [1.807, 2.05) is 0 Å². The molecule has 1 aliphatic rings. The topological polar surface area (TPSA) is 133 Å². The summed E-state index contributed by atoms with van der Waals surface area (Å²) in [6.07, 6.45) is -3.61. The Morgan fingerprint density at radius 1 is 1.11 bits per heavy atom. The van der Waals surface area contributed by atoms with Gasteiger partial charge in [-0.15, -0.1) is 0 Å². The molecule has 0 saturated heterocycles. The van der Waals surface area contributed by atoms with Gasteiger partial charge >= 0.3 is 0 Å². The van der Waals surface area contributed by atoms with Crippen molar-refractivity contribution in [3.05, 3.63) is 0 Å². The van der Waals surface area contributed by atoms with Crippen LogP contribution in [0.25, 0.3) is 0 Å². The summed E-state index contributed by atoms with van der Waals surface area (Å²) in [4.78, 5) is 0. The van der Waals surface area contributed by atoms with Crippen molar-refractivity contribution in [2.45, 2.75) is 43.7 Å². The zero-order valence-electron chi connectivity index (χ0n) is 10.4. The Morgan fingerprint density at radius 2 is 1.67 bits per heavy atom. The van der Waals surface area contributed by atoms with Crippen LogP contribution in [0.2, 0.25) is 0 Å². The molecule has 1 aliphatic carbocycles. The Labute approximate surface area is 106 Å². The number of hydrogen-bond donors (Lipinski definition) is 7. The molecule has 0 unspecified atom stereocenters. The highest BCUT2D eigenvalue weighted by Gasteiger charge is 2.49. The minimum atomic E-state index is -1.38. The third-order valence-corrected chi connectivity index (χ3v) is 3.74. The summed E-state index contributed by atoms with van der Waals surface area (Å²) in [5, 5.41) is 59.6. The van der Waals surface area contributed by atoms with Gasteiger partial charge in [-0.05, 0) is 6.42 Å². The van der Waals surface area contributed by atoms with Gasteiger partial charge < -0.3 is 36.0 Å². The highest BCUT2D eigenvalue weighted by atomic mass is 16.4. The minimum absolute atomic E-state index is 0.222. The van der Waals surface area contributed by atoms with Crippen molar-refractivity contribution in [2.24, 2.45) is 5.41 Å². The molecular formula is C11H23NO6. The van der Waals surface area contributed by atoms with Crippen LogP contribution in [-0.4, -0.2) is 80.9 Å². The summed E-state index contributed by atoms with van der Waals surface area (Å²) in [5.74, 6) is 0. The SMILES string of the molecule is C[C@@]1(CO)C[C@@H](NC(CO)CO)[C@@H](O)[C@H](O)[C@H]1O. The quantitative estimate of drug-likeness (QED) is 0.278. The first-order chi connectivity index (χ1) is 8.39. The third kappa shape index (κ3) is 3.00. The number of aliphatic hydroxyl groups is 6. The molecular weight excluding hydrogens is 242 g/mol. The molecule has 0 aliphatic heterocycles. The molecule has 7 N–H and O–H groups in total. The second-order valence-corrected chi connectivity index (χ2v) is 5.28. The summed E-state index contributed by atoms with van der Waals surface area (Å²) in [6.45, 7) is 0.649. The van der Waals surface area contributed by atoms with E-state index in [-0.39, 0.29) is 26.2 Å². The van der Waals surface area contributed by atoms with E-state index in [1.165, 1.54) is 0 Å². The molecule has 0 aromatic carbocycles. The Balaban J connectivity index is 2.79. The molecule has 18 heavy (non-hydrogen) atoms. The normalized spacial score (nSPS) is 41.3. The molecule has 0 radical (unpaired) electrons. The zero-order valence-corrected chi connectivity index (χ0v) is 10.4. The molecule has 1 fully saturated rings. The molecule has 5 atom stereocenters. The molecule has 108 valence electrons. The fraction of sp³-hybridized carbons (Fsp3) is 1.00. The maximum Gasteiger partial charge on any atom is 0.108 e. The molecule has 1 saturated carbocycles. The van der Waals surface area contributed by atoms with Crippen LogP contribution in [0.5, 0.6) is 0 Å². The number of aliphatic hydroxyl groups excluding tert-OH is 6. The summed E-state index contributed by atoms with van der Waals surface area (Å²) >= 11 is 0. The van der Waals surface area contributed by atoms with Gasteiger partial charge in [0, 0.05) is 11.5 Å². The second kappa shape index (κ2) is 6.25. The molecule has 1 rings (SSSR count). The van der Waals surface area contributed by atoms with E-state index >= 15 is 0 Å². The van der Waals surface area contributed by atoms with E-state index in [0.29, 0.717) is 0 Å². The van der Waals surface area contributed by atoms with Gasteiger partial charge in [-0.2, -0.15) is 0 Å². The van der Waals surface area contributed by atoms with Crippen LogP contribution in [0.4, 0.5) is 0 Å². The van der Waals surface area contributed by atoms with E-state index in [2.05, 4.69) is 5.32 Å². The highest BCUT2D eigenvalue weighted by molar-refractivity contribution is 5.02. The number of hydrogen-bond acceptors (Lipinski definition) is 7. The van der Waals surface area contributed by atoms with Gasteiger partial charge in [0.25, 0.3) is 0 Å². The molecule has 0 amide bonds. The highest BCUT2D eigenvalue weighted by Crippen LogP contribution is 2.36. The van der Waals surface area contributed by atoms with Crippen LogP contribution in [0.1, 0.15) is 13.3 Å². The maximum absolute atomic E-state index is 9.86. The molecule has 7 heteroatoms. The standard InChI is InChI=1S/C11H23NO6/c1-11(5-15)2-7(12-6(3-13)4-14)8(16)9(17)10(11)18/h6-10,12-18H,2-5H2,1H3/t7-,8-,9+,10-,11+/m1/s1. The Morgan fingerprint density at radius 3 is 2.11 bits per heavy atom. The Bertz CT molecular complexity index is 262. The molecule has 0 spiro atoms. The van der Waals surface area contributed by atoms with Crippen LogP contribution >= 0.6 is 0 Å². The molecule has 7 nitrogen and oxygen atoms in total. The summed E-state index contributed by atoms with van der Waals surface area (Å²) in [6, 6.07) is -1.24. The third-order valence-electron chi connectivity index (χ3n) is 3.74. The van der Waals surface area contributed by atoms with Crippen molar-refractivity contribution >= 4 is 0 Å². The van der Waals surface area contributed by atoms with Crippen LogP contribution in [0.3, 0.4) is 0 Å². The van der Waals surface area contributed by atoms with Crippen molar-refractivity contribution in [1.29, 1.82) is 0 Å². The first kappa shape index (κ1) is 15.8. The molecule has 0 heterocycles. The Hall–Kier alpha value is -0.280. The lowest BCUT2D eigenvalue weighted by molar-refractivity contribution is -0.166. The van der Waals surface area contributed by atoms with E-state index < -0.39 is 35.8 Å². The number of nitrogens with one attached hydrogen (secondary N) is 1. The van der Waals surface area contributed by atoms with Gasteiger partial charge in [-0.1, -0.05) is 6.92 Å². The van der Waals surface area contributed by atoms with Gasteiger partial charge in [0.2, 0.25) is 0 Å². The van der Waals surface area contributed by atoms with Gasteiger partial charge in [0.05, 0.1) is 38.1 Å². The first-order valence-electron chi connectivity index (χ1n) is 6.02. The van der Waals surface area contributed by atoms with Crippen molar-refractivity contribution in [3.63, 3.8) is 0 Å². The predicted molar refractivity (Wildman–Crippen MR) is 62.7 cm³/mol. The van der Waals surface area contributed by atoms with E-state index in [9.17, 15) is 20.4 Å². The van der Waals surface area contributed by atoms with Crippen molar-refractivity contribution in [1.82, 2.24) is 5.32 Å². The van der Waals surface area contributed by atoms with Crippen LogP contribution in [0.15, 0.2) is 0 Å². The fourth-order valence-corrected chi connectivity index (χ4v) is 2.36. The summed E-state index contributed by atoms with van der Waals surface area (Å²) in [5.41, 5.74) is -0.939. The summed E-state index contributed by atoms with van der Waals surface area (Å²) in [7, 11) is 0. The van der Waals surface area contributed by atoms with Gasteiger partial charge in [-0.25, -0.2) is 0 Å². The lowest BCUT2D eigenvalue weighted by Gasteiger charge is -2.47. The molecule has 0 bridgehead atoms. The van der Waals surface area contributed by atoms with Crippen LogP contribution in [0, 0.1) is 5.41 Å². The monoisotopic (exact) mass is 265 g/mol. The fourth-order valence-electron chi connectivity index (χ4n) is 2.36. The zero-order chi connectivity index (χ0) is 13.9. The van der Waals surface area contributed by atoms with E-state index in [4.69, 9.17) is 10.2 Å². The van der Waals surface area contributed by atoms with Crippen LogP contribution < -0.4 is 5.32 Å².